The Labute approximate surface area is 102 Å². The highest BCUT2D eigenvalue weighted by molar-refractivity contribution is 6.32. The maximum Gasteiger partial charge on any atom is 0.137 e. The van der Waals surface area contributed by atoms with Gasteiger partial charge in [0.05, 0.1) is 12.1 Å². The van der Waals surface area contributed by atoms with E-state index in [1.54, 1.807) is 7.11 Å². The van der Waals surface area contributed by atoms with Gasteiger partial charge in [0.15, 0.2) is 0 Å². The van der Waals surface area contributed by atoms with Crippen LogP contribution in [-0.4, -0.2) is 12.6 Å². The third-order valence-corrected chi connectivity index (χ3v) is 3.69. The van der Waals surface area contributed by atoms with E-state index in [0.717, 1.165) is 42.0 Å². The normalized spacial score (nSPS) is 17.2. The minimum absolute atomic E-state index is 0.0836. The summed E-state index contributed by atoms with van der Waals surface area (Å²) in [4.78, 5) is 0. The molecule has 0 spiro atoms. The van der Waals surface area contributed by atoms with Gasteiger partial charge < -0.3 is 10.5 Å². The highest BCUT2D eigenvalue weighted by atomic mass is 35.5. The number of hydrogen-bond donors (Lipinski definition) is 1. The molecular weight excluding hydrogens is 222 g/mol. The Morgan fingerprint density at radius 3 is 2.69 bits per heavy atom. The van der Waals surface area contributed by atoms with E-state index in [2.05, 4.69) is 13.0 Å². The second-order valence-corrected chi connectivity index (χ2v) is 5.18. The maximum absolute atomic E-state index is 6.26. The van der Waals surface area contributed by atoms with Crippen molar-refractivity contribution in [3.05, 3.63) is 28.3 Å². The summed E-state index contributed by atoms with van der Waals surface area (Å²) >= 11 is 6.26. The van der Waals surface area contributed by atoms with Crippen LogP contribution < -0.4 is 10.5 Å². The van der Waals surface area contributed by atoms with Crippen LogP contribution in [0.3, 0.4) is 0 Å². The number of ether oxygens (including phenoxy) is 1. The van der Waals surface area contributed by atoms with Gasteiger partial charge in [0, 0.05) is 5.54 Å². The summed E-state index contributed by atoms with van der Waals surface area (Å²) in [6, 6.07) is 4.08. The molecule has 1 fully saturated rings. The molecule has 0 aliphatic heterocycles. The SMILES string of the molecule is COc1cc(C)cc(CCC2(N)CC2)c1Cl. The molecule has 1 aromatic carbocycles. The van der Waals surface area contributed by atoms with E-state index in [1.807, 2.05) is 6.07 Å². The topological polar surface area (TPSA) is 35.2 Å². The summed E-state index contributed by atoms with van der Waals surface area (Å²) in [5.41, 5.74) is 8.49. The van der Waals surface area contributed by atoms with Crippen LogP contribution in [0.1, 0.15) is 30.4 Å². The molecule has 0 saturated heterocycles. The number of hydrogen-bond acceptors (Lipinski definition) is 2. The first-order valence-corrected chi connectivity index (χ1v) is 6.04. The number of halogens is 1. The fourth-order valence-corrected chi connectivity index (χ4v) is 2.21. The summed E-state index contributed by atoms with van der Waals surface area (Å²) < 4.78 is 5.25. The van der Waals surface area contributed by atoms with Gasteiger partial charge in [0.2, 0.25) is 0 Å². The molecule has 1 saturated carbocycles. The second kappa shape index (κ2) is 4.27. The van der Waals surface area contributed by atoms with Gasteiger partial charge in [-0.2, -0.15) is 0 Å². The van der Waals surface area contributed by atoms with Crippen molar-refractivity contribution in [2.24, 2.45) is 5.73 Å². The fraction of sp³-hybridized carbons (Fsp3) is 0.538. The first kappa shape index (κ1) is 11.7. The molecule has 0 heterocycles. The van der Waals surface area contributed by atoms with Crippen LogP contribution in [0, 0.1) is 6.92 Å². The van der Waals surface area contributed by atoms with Crippen LogP contribution >= 0.6 is 11.6 Å². The fourth-order valence-electron chi connectivity index (χ4n) is 1.93. The highest BCUT2D eigenvalue weighted by Gasteiger charge is 2.37. The number of rotatable bonds is 4. The minimum atomic E-state index is 0.0836. The lowest BCUT2D eigenvalue weighted by Crippen LogP contribution is -2.22. The molecule has 0 bridgehead atoms. The first-order chi connectivity index (χ1) is 7.54. The van der Waals surface area contributed by atoms with Crippen molar-refractivity contribution in [2.45, 2.75) is 38.1 Å². The van der Waals surface area contributed by atoms with Crippen molar-refractivity contribution in [3.63, 3.8) is 0 Å². The molecule has 0 radical (unpaired) electrons. The summed E-state index contributed by atoms with van der Waals surface area (Å²) in [5.74, 6) is 0.763. The van der Waals surface area contributed by atoms with Gasteiger partial charge in [0.1, 0.15) is 5.75 Å². The number of benzene rings is 1. The minimum Gasteiger partial charge on any atom is -0.495 e. The van der Waals surface area contributed by atoms with Crippen molar-refractivity contribution in [3.8, 4) is 5.75 Å². The molecule has 1 aromatic rings. The number of nitrogens with two attached hydrogens (primary N) is 1. The Bertz CT molecular complexity index is 399. The van der Waals surface area contributed by atoms with Gasteiger partial charge in [-0.25, -0.2) is 0 Å². The Hall–Kier alpha value is -0.730. The Kier molecular flexibility index (Phi) is 3.13. The molecule has 1 aliphatic carbocycles. The van der Waals surface area contributed by atoms with Gasteiger partial charge in [0.25, 0.3) is 0 Å². The lowest BCUT2D eigenvalue weighted by molar-refractivity contribution is 0.414. The predicted octanol–water partition coefficient (Wildman–Crippen LogP) is 3.08. The molecule has 1 aliphatic rings. The molecule has 2 N–H and O–H groups in total. The van der Waals surface area contributed by atoms with E-state index in [0.29, 0.717) is 0 Å². The maximum atomic E-state index is 6.26. The van der Waals surface area contributed by atoms with Crippen LogP contribution in [0.4, 0.5) is 0 Å². The molecule has 0 atom stereocenters. The zero-order valence-electron chi connectivity index (χ0n) is 9.85. The Morgan fingerprint density at radius 1 is 1.44 bits per heavy atom. The van der Waals surface area contributed by atoms with E-state index in [9.17, 15) is 0 Å². The van der Waals surface area contributed by atoms with Crippen LogP contribution in [0.2, 0.25) is 5.02 Å². The standard InChI is InChI=1S/C13H18ClNO/c1-9-7-10(3-4-13(15)5-6-13)12(14)11(8-9)16-2/h7-8H,3-6,15H2,1-2H3. The first-order valence-electron chi connectivity index (χ1n) is 5.66. The zero-order valence-corrected chi connectivity index (χ0v) is 10.6. The monoisotopic (exact) mass is 239 g/mol. The van der Waals surface area contributed by atoms with Crippen molar-refractivity contribution < 1.29 is 4.74 Å². The van der Waals surface area contributed by atoms with Gasteiger partial charge in [-0.15, -0.1) is 0 Å². The van der Waals surface area contributed by atoms with E-state index >= 15 is 0 Å². The predicted molar refractivity (Wildman–Crippen MR) is 67.2 cm³/mol. The summed E-state index contributed by atoms with van der Waals surface area (Å²) in [7, 11) is 1.65. The third-order valence-electron chi connectivity index (χ3n) is 3.26. The lowest BCUT2D eigenvalue weighted by atomic mass is 10.0. The quantitative estimate of drug-likeness (QED) is 0.877. The Morgan fingerprint density at radius 2 is 2.12 bits per heavy atom. The molecule has 3 heteroatoms. The smallest absolute Gasteiger partial charge is 0.137 e. The molecular formula is C13H18ClNO. The average molecular weight is 240 g/mol. The lowest BCUT2D eigenvalue weighted by Gasteiger charge is -2.12. The van der Waals surface area contributed by atoms with Crippen molar-refractivity contribution in [2.75, 3.05) is 7.11 Å². The average Bonchev–Trinajstić information content (AvgIpc) is 2.98. The zero-order chi connectivity index (χ0) is 11.8. The summed E-state index contributed by atoms with van der Waals surface area (Å²) in [5, 5.41) is 0.734. The van der Waals surface area contributed by atoms with Crippen molar-refractivity contribution >= 4 is 11.6 Å². The van der Waals surface area contributed by atoms with Gasteiger partial charge >= 0.3 is 0 Å². The van der Waals surface area contributed by atoms with Crippen LogP contribution in [0.25, 0.3) is 0 Å². The molecule has 88 valence electrons. The van der Waals surface area contributed by atoms with E-state index in [1.165, 1.54) is 5.56 Å². The van der Waals surface area contributed by atoms with E-state index in [-0.39, 0.29) is 5.54 Å². The van der Waals surface area contributed by atoms with E-state index in [4.69, 9.17) is 22.1 Å². The van der Waals surface area contributed by atoms with Gasteiger partial charge in [-0.3, -0.25) is 0 Å². The molecule has 2 nitrogen and oxygen atoms in total. The van der Waals surface area contributed by atoms with Gasteiger partial charge in [-0.1, -0.05) is 17.7 Å². The van der Waals surface area contributed by atoms with Crippen molar-refractivity contribution in [1.82, 2.24) is 0 Å². The molecule has 0 aromatic heterocycles. The highest BCUT2D eigenvalue weighted by Crippen LogP contribution is 2.38. The third kappa shape index (κ3) is 2.50. The number of methoxy groups -OCH3 is 1. The van der Waals surface area contributed by atoms with E-state index < -0.39 is 0 Å². The summed E-state index contributed by atoms with van der Waals surface area (Å²) in [6.07, 6.45) is 4.24. The molecule has 0 unspecified atom stereocenters. The second-order valence-electron chi connectivity index (χ2n) is 4.80. The van der Waals surface area contributed by atoms with Crippen LogP contribution in [0.15, 0.2) is 12.1 Å². The largest absolute Gasteiger partial charge is 0.495 e. The summed E-state index contributed by atoms with van der Waals surface area (Å²) in [6.45, 7) is 2.05. The van der Waals surface area contributed by atoms with Gasteiger partial charge in [-0.05, 0) is 49.8 Å². The molecule has 0 amide bonds. The van der Waals surface area contributed by atoms with Crippen molar-refractivity contribution in [1.29, 1.82) is 0 Å². The number of aryl methyl sites for hydroxylation is 2. The van der Waals surface area contributed by atoms with Crippen LogP contribution in [-0.2, 0) is 6.42 Å². The molecule has 2 rings (SSSR count). The Balaban J connectivity index is 2.15. The van der Waals surface area contributed by atoms with Crippen LogP contribution in [0.5, 0.6) is 5.75 Å². The molecule has 16 heavy (non-hydrogen) atoms.